The highest BCUT2D eigenvalue weighted by Gasteiger charge is 2.34. The molecule has 1 aromatic heterocycles. The third-order valence-corrected chi connectivity index (χ3v) is 5.85. The van der Waals surface area contributed by atoms with Crippen molar-refractivity contribution >= 4 is 0 Å². The first-order chi connectivity index (χ1) is 15.0. The van der Waals surface area contributed by atoms with Crippen LogP contribution in [0.1, 0.15) is 29.2 Å². The van der Waals surface area contributed by atoms with Gasteiger partial charge in [-0.15, -0.1) is 0 Å². The molecule has 0 aliphatic carbocycles. The number of aromatic nitrogens is 1. The summed E-state index contributed by atoms with van der Waals surface area (Å²) in [6.45, 7) is 6.60. The van der Waals surface area contributed by atoms with E-state index >= 15 is 0 Å². The number of morpholine rings is 1. The highest BCUT2D eigenvalue weighted by Crippen LogP contribution is 2.41. The smallest absolute Gasteiger partial charge is 0.258 e. The lowest BCUT2D eigenvalue weighted by Gasteiger charge is -2.28. The molecule has 31 heavy (non-hydrogen) atoms. The van der Waals surface area contributed by atoms with Gasteiger partial charge in [0.15, 0.2) is 0 Å². The summed E-state index contributed by atoms with van der Waals surface area (Å²) < 4.78 is 12.8. The maximum absolute atomic E-state index is 13.6. The molecule has 1 fully saturated rings. The second kappa shape index (κ2) is 8.84. The Morgan fingerprint density at radius 1 is 1.26 bits per heavy atom. The Morgan fingerprint density at radius 3 is 2.74 bits per heavy atom. The summed E-state index contributed by atoms with van der Waals surface area (Å²) in [7, 11) is 0. The number of phenols is 1. The maximum atomic E-state index is 13.6. The molecular weight excluding hydrogens is 396 g/mol. The van der Waals surface area contributed by atoms with Gasteiger partial charge in [-0.1, -0.05) is 12.1 Å². The average molecular weight is 422 g/mol. The van der Waals surface area contributed by atoms with Crippen molar-refractivity contribution in [2.45, 2.75) is 25.8 Å². The highest BCUT2D eigenvalue weighted by atomic mass is 16.5. The van der Waals surface area contributed by atoms with Gasteiger partial charge in [-0.3, -0.25) is 9.69 Å². The van der Waals surface area contributed by atoms with E-state index in [1.165, 1.54) is 0 Å². The van der Waals surface area contributed by atoms with Crippen molar-refractivity contribution in [2.75, 3.05) is 32.8 Å². The molecule has 0 amide bonds. The minimum absolute atomic E-state index is 0.0211. The molecule has 0 saturated carbocycles. The molecule has 2 aromatic rings. The number of rotatable bonds is 5. The summed E-state index contributed by atoms with van der Waals surface area (Å²) >= 11 is 0. The van der Waals surface area contributed by atoms with Gasteiger partial charge in [0.05, 0.1) is 24.7 Å². The Kier molecular flexibility index (Phi) is 5.98. The number of hydrogen-bond acceptors (Lipinski definition) is 7. The van der Waals surface area contributed by atoms with Crippen LogP contribution in [0.25, 0.3) is 0 Å². The van der Waals surface area contributed by atoms with Gasteiger partial charge in [-0.25, -0.2) is 0 Å². The van der Waals surface area contributed by atoms with Crippen LogP contribution in [0.2, 0.25) is 0 Å². The van der Waals surface area contributed by atoms with Crippen LogP contribution in [0.3, 0.4) is 0 Å². The van der Waals surface area contributed by atoms with E-state index in [1.807, 2.05) is 6.92 Å². The van der Waals surface area contributed by atoms with Crippen molar-refractivity contribution in [3.8, 4) is 17.6 Å². The molecule has 162 valence electrons. The Morgan fingerprint density at radius 2 is 2.03 bits per heavy atom. The van der Waals surface area contributed by atoms with Crippen LogP contribution in [0, 0.1) is 18.3 Å². The van der Waals surface area contributed by atoms with Gasteiger partial charge in [0.1, 0.15) is 23.1 Å². The second-order valence-electron chi connectivity index (χ2n) is 7.85. The van der Waals surface area contributed by atoms with Crippen molar-refractivity contribution < 1.29 is 14.6 Å². The van der Waals surface area contributed by atoms with Crippen molar-refractivity contribution in [3.05, 3.63) is 69.0 Å². The van der Waals surface area contributed by atoms with E-state index in [4.69, 9.17) is 15.2 Å². The number of aromatic hydroxyl groups is 1. The number of phenolic OH excluding ortho intramolecular Hbond substituents is 1. The summed E-state index contributed by atoms with van der Waals surface area (Å²) in [5.41, 5.74) is 7.74. The summed E-state index contributed by atoms with van der Waals surface area (Å²) in [4.78, 5) is 15.9. The number of fused-ring (bicyclic) bond motifs is 1. The number of nitriles is 1. The predicted octanol–water partition coefficient (Wildman–Crippen LogP) is 1.80. The fourth-order valence-electron chi connectivity index (χ4n) is 4.28. The van der Waals surface area contributed by atoms with Crippen molar-refractivity contribution in [3.63, 3.8) is 0 Å². The lowest BCUT2D eigenvalue weighted by atomic mass is 9.84. The van der Waals surface area contributed by atoms with Crippen LogP contribution < -0.4 is 16.0 Å². The lowest BCUT2D eigenvalue weighted by Crippen LogP contribution is -2.38. The van der Waals surface area contributed by atoms with E-state index in [9.17, 15) is 15.2 Å². The first-order valence-electron chi connectivity index (χ1n) is 10.4. The Balaban J connectivity index is 1.70. The fourth-order valence-corrected chi connectivity index (χ4v) is 4.28. The van der Waals surface area contributed by atoms with E-state index in [0.29, 0.717) is 23.4 Å². The van der Waals surface area contributed by atoms with Gasteiger partial charge in [0, 0.05) is 37.9 Å². The van der Waals surface area contributed by atoms with Gasteiger partial charge in [-0.2, -0.15) is 5.26 Å². The number of benzene rings is 1. The van der Waals surface area contributed by atoms with Crippen LogP contribution in [-0.4, -0.2) is 47.4 Å². The standard InChI is InChI=1S/C23H26N4O4/c1-15-12-19-21(23(29)27(15)7-3-6-26-8-10-30-11-9-26)20(18(14-24)22(25)31-19)16-4-2-5-17(28)13-16/h2,4-5,12-13,20,28H,3,6-11,25H2,1H3. The third-order valence-electron chi connectivity index (χ3n) is 5.85. The number of aryl methyl sites for hydroxylation is 1. The van der Waals surface area contributed by atoms with Crippen LogP contribution in [0.4, 0.5) is 0 Å². The van der Waals surface area contributed by atoms with E-state index in [-0.39, 0.29) is 22.8 Å². The SMILES string of the molecule is Cc1cc2c(c(=O)n1CCCN1CCOCC1)C(c1cccc(O)c1)C(C#N)=C(N)O2. The van der Waals surface area contributed by atoms with E-state index in [0.717, 1.165) is 45.0 Å². The second-order valence-corrected chi connectivity index (χ2v) is 7.85. The minimum Gasteiger partial charge on any atom is -0.508 e. The molecule has 0 radical (unpaired) electrons. The predicted molar refractivity (Wildman–Crippen MR) is 115 cm³/mol. The molecule has 4 rings (SSSR count). The van der Waals surface area contributed by atoms with Gasteiger partial charge in [0.25, 0.3) is 5.56 Å². The number of nitrogens with zero attached hydrogens (tertiary/aromatic N) is 3. The zero-order valence-electron chi connectivity index (χ0n) is 17.5. The van der Waals surface area contributed by atoms with Crippen LogP contribution in [0.15, 0.2) is 46.6 Å². The fraction of sp³-hybridized carbons (Fsp3) is 0.391. The van der Waals surface area contributed by atoms with E-state index < -0.39 is 5.92 Å². The Bertz CT molecular complexity index is 1110. The zero-order valence-corrected chi connectivity index (χ0v) is 17.5. The first kappa shape index (κ1) is 21.0. The molecular formula is C23H26N4O4. The van der Waals surface area contributed by atoms with Crippen molar-refractivity contribution in [2.24, 2.45) is 5.73 Å². The van der Waals surface area contributed by atoms with E-state index in [1.54, 1.807) is 34.9 Å². The quantitative estimate of drug-likeness (QED) is 0.755. The molecule has 2 aliphatic heterocycles. The minimum atomic E-state index is -0.695. The van der Waals surface area contributed by atoms with Gasteiger partial charge >= 0.3 is 0 Å². The third kappa shape index (κ3) is 4.15. The Hall–Kier alpha value is -3.28. The van der Waals surface area contributed by atoms with Gasteiger partial charge in [0.2, 0.25) is 5.88 Å². The number of ether oxygens (including phenoxy) is 2. The molecule has 1 unspecified atom stereocenters. The van der Waals surface area contributed by atoms with Gasteiger partial charge < -0.3 is 24.9 Å². The van der Waals surface area contributed by atoms with Crippen molar-refractivity contribution in [1.82, 2.24) is 9.47 Å². The normalized spacial score (nSPS) is 18.9. The highest BCUT2D eigenvalue weighted by molar-refractivity contribution is 5.55. The molecule has 2 aliphatic rings. The topological polar surface area (TPSA) is 114 Å². The van der Waals surface area contributed by atoms with Gasteiger partial charge in [-0.05, 0) is 31.0 Å². The zero-order chi connectivity index (χ0) is 22.0. The monoisotopic (exact) mass is 422 g/mol. The van der Waals surface area contributed by atoms with Crippen LogP contribution in [-0.2, 0) is 11.3 Å². The first-order valence-corrected chi connectivity index (χ1v) is 10.4. The lowest BCUT2D eigenvalue weighted by molar-refractivity contribution is 0.0369. The molecule has 1 atom stereocenters. The summed E-state index contributed by atoms with van der Waals surface area (Å²) in [5.74, 6) is -0.303. The van der Waals surface area contributed by atoms with E-state index in [2.05, 4.69) is 11.0 Å². The molecule has 1 saturated heterocycles. The maximum Gasteiger partial charge on any atom is 0.258 e. The largest absolute Gasteiger partial charge is 0.508 e. The van der Waals surface area contributed by atoms with Crippen molar-refractivity contribution in [1.29, 1.82) is 5.26 Å². The average Bonchev–Trinajstić information content (AvgIpc) is 2.76. The number of nitrogens with two attached hydrogens (primary N) is 1. The Labute approximate surface area is 180 Å². The number of allylic oxidation sites excluding steroid dienone is 1. The summed E-state index contributed by atoms with van der Waals surface area (Å²) in [6, 6.07) is 10.4. The molecule has 8 heteroatoms. The molecule has 8 nitrogen and oxygen atoms in total. The summed E-state index contributed by atoms with van der Waals surface area (Å²) in [6.07, 6.45) is 0.820. The number of hydrogen-bond donors (Lipinski definition) is 2. The van der Waals surface area contributed by atoms with Crippen LogP contribution >= 0.6 is 0 Å². The molecule has 0 bridgehead atoms. The molecule has 3 heterocycles. The molecule has 3 N–H and O–H groups in total. The molecule has 0 spiro atoms. The van der Waals surface area contributed by atoms with Crippen LogP contribution in [0.5, 0.6) is 11.5 Å². The number of pyridine rings is 1. The molecule has 1 aromatic carbocycles. The summed E-state index contributed by atoms with van der Waals surface area (Å²) in [5, 5.41) is 19.7.